The second-order valence-corrected chi connectivity index (χ2v) is 9.82. The van der Waals surface area contributed by atoms with Crippen molar-refractivity contribution in [2.75, 3.05) is 13.2 Å². The van der Waals surface area contributed by atoms with E-state index in [2.05, 4.69) is 0 Å². The predicted octanol–water partition coefficient (Wildman–Crippen LogP) is 5.48. The average Bonchev–Trinajstić information content (AvgIpc) is 2.79. The van der Waals surface area contributed by atoms with Crippen LogP contribution >= 0.6 is 0 Å². The second-order valence-electron chi connectivity index (χ2n) is 8.27. The van der Waals surface area contributed by atoms with Crippen molar-refractivity contribution in [2.45, 2.75) is 63.5 Å². The largest absolute Gasteiger partial charge is 0.449 e. The summed E-state index contributed by atoms with van der Waals surface area (Å²) in [6, 6.07) is 15.6. The minimum Gasteiger partial charge on any atom is -0.449 e. The van der Waals surface area contributed by atoms with Gasteiger partial charge in [0.2, 0.25) is 0 Å². The number of hydrogen-bond acceptors (Lipinski definition) is 5. The molecule has 7 heteroatoms. The summed E-state index contributed by atoms with van der Waals surface area (Å²) in [5.41, 5.74) is 1.86. The van der Waals surface area contributed by atoms with Gasteiger partial charge in [0.25, 0.3) is 10.1 Å². The number of carbonyl (C=O) groups is 1. The molecular weight excluding hydrogens is 426 g/mol. The van der Waals surface area contributed by atoms with Gasteiger partial charge >= 0.3 is 6.09 Å². The Morgan fingerprint density at radius 1 is 1.19 bits per heavy atom. The van der Waals surface area contributed by atoms with Gasteiger partial charge in [0.1, 0.15) is 0 Å². The third kappa shape index (κ3) is 6.11. The molecule has 2 aromatic rings. The number of nitrogens with zero attached hydrogens (tertiary/aromatic N) is 1. The van der Waals surface area contributed by atoms with Gasteiger partial charge in [-0.15, -0.1) is 0 Å². The molecule has 1 aliphatic rings. The number of likely N-dealkylation sites (tertiary alicyclic amines) is 1. The maximum atomic E-state index is 12.8. The van der Waals surface area contributed by atoms with Crippen molar-refractivity contribution in [1.29, 1.82) is 0 Å². The molecule has 1 unspecified atom stereocenters. The van der Waals surface area contributed by atoms with Crippen molar-refractivity contribution in [3.05, 3.63) is 65.7 Å². The summed E-state index contributed by atoms with van der Waals surface area (Å²) in [4.78, 5) is 14.5. The number of amides is 1. The van der Waals surface area contributed by atoms with Crippen molar-refractivity contribution >= 4 is 16.2 Å². The molecule has 1 saturated heterocycles. The molecule has 3 rings (SSSR count). The van der Waals surface area contributed by atoms with Crippen LogP contribution in [0, 0.1) is 12.8 Å². The van der Waals surface area contributed by atoms with Crippen molar-refractivity contribution in [3.8, 4) is 0 Å². The number of rotatable bonds is 8. The molecule has 0 aliphatic carbocycles. The monoisotopic (exact) mass is 460 g/mol. The summed E-state index contributed by atoms with van der Waals surface area (Å²) in [6.07, 6.45) is 0.506. The number of benzene rings is 2. The fourth-order valence-corrected chi connectivity index (χ4v) is 4.97. The summed E-state index contributed by atoms with van der Waals surface area (Å²) >= 11 is 0. The lowest BCUT2D eigenvalue weighted by Crippen LogP contribution is -2.44. The number of hydrogen-bond donors (Lipinski definition) is 0. The molecule has 0 saturated carbocycles. The Labute approximate surface area is 193 Å². The first kappa shape index (κ1) is 22.8. The Bertz CT molecular complexity index is 1020. The number of aryl methyl sites for hydroxylation is 1. The van der Waals surface area contributed by atoms with Crippen LogP contribution in [0.5, 0.6) is 0 Å². The molecular formula is C25H33NO5S. The van der Waals surface area contributed by atoms with Crippen LogP contribution in [0.15, 0.2) is 59.5 Å². The second kappa shape index (κ2) is 11.0. The van der Waals surface area contributed by atoms with Crippen molar-refractivity contribution in [1.82, 2.24) is 4.90 Å². The zero-order chi connectivity index (χ0) is 24.1. The van der Waals surface area contributed by atoms with E-state index in [4.69, 9.17) is 10.3 Å². The van der Waals surface area contributed by atoms with Gasteiger partial charge in [-0.3, -0.25) is 4.18 Å². The molecule has 174 valence electrons. The van der Waals surface area contributed by atoms with Crippen LogP contribution < -0.4 is 0 Å². The highest BCUT2D eigenvalue weighted by atomic mass is 32.2. The van der Waals surface area contributed by atoms with E-state index in [-0.39, 0.29) is 17.0 Å². The minimum atomic E-state index is -4.10. The zero-order valence-electron chi connectivity index (χ0n) is 20.0. The Morgan fingerprint density at radius 3 is 2.53 bits per heavy atom. The van der Waals surface area contributed by atoms with E-state index < -0.39 is 22.1 Å². The summed E-state index contributed by atoms with van der Waals surface area (Å²) in [6.45, 7) is 6.12. The van der Waals surface area contributed by atoms with E-state index in [1.165, 1.54) is 19.1 Å². The van der Waals surface area contributed by atoms with Gasteiger partial charge in [-0.25, -0.2) is 4.79 Å². The minimum absolute atomic E-state index is 0.0307. The molecule has 0 radical (unpaired) electrons. The molecule has 1 fully saturated rings. The summed E-state index contributed by atoms with van der Waals surface area (Å²) < 4.78 is 45.4. The molecule has 1 aliphatic heterocycles. The third-order valence-electron chi connectivity index (χ3n) is 5.87. The van der Waals surface area contributed by atoms with Gasteiger partial charge in [-0.05, 0) is 56.7 Å². The Balaban J connectivity index is 1.79. The van der Waals surface area contributed by atoms with Crippen molar-refractivity contribution < 1.29 is 23.5 Å². The van der Waals surface area contributed by atoms with Gasteiger partial charge in [-0.1, -0.05) is 61.4 Å². The first-order valence-corrected chi connectivity index (χ1v) is 12.6. The summed E-state index contributed by atoms with van der Waals surface area (Å²) in [7, 11) is -4.10. The van der Waals surface area contributed by atoms with E-state index in [1.807, 2.05) is 44.2 Å². The molecule has 0 N–H and O–H groups in total. The quantitative estimate of drug-likeness (QED) is 0.385. The van der Waals surface area contributed by atoms with Gasteiger partial charge in [0.05, 0.1) is 25.0 Å². The molecule has 0 bridgehead atoms. The van der Waals surface area contributed by atoms with Gasteiger partial charge < -0.3 is 9.64 Å². The van der Waals surface area contributed by atoms with E-state index in [9.17, 15) is 13.2 Å². The Hall–Kier alpha value is -2.38. The molecule has 3 atom stereocenters. The lowest BCUT2D eigenvalue weighted by molar-refractivity contribution is 0.0362. The molecule has 32 heavy (non-hydrogen) atoms. The topological polar surface area (TPSA) is 72.9 Å². The van der Waals surface area contributed by atoms with E-state index in [1.54, 1.807) is 17.0 Å². The van der Waals surface area contributed by atoms with Crippen LogP contribution in [-0.4, -0.2) is 38.6 Å². The first-order chi connectivity index (χ1) is 15.6. The number of unbranched alkanes of at least 4 members (excludes halogenated alkanes) is 1. The highest BCUT2D eigenvalue weighted by Gasteiger charge is 2.37. The van der Waals surface area contributed by atoms with Crippen molar-refractivity contribution in [2.24, 2.45) is 5.92 Å². The summed E-state index contributed by atoms with van der Waals surface area (Å²) in [5, 5.41) is 0. The zero-order valence-corrected chi connectivity index (χ0v) is 19.8. The Kier molecular flexibility index (Phi) is 7.81. The first-order valence-electron chi connectivity index (χ1n) is 11.6. The molecule has 0 aromatic heterocycles. The standard InChI is InChI=1S/C25H33NO5S/c1-4-5-17-30-25(27)26-16-15-22(18-24(26)21-9-7-6-8-10-21)20(3)31-32(28,29)23-13-11-19(2)12-14-23/h6-14,20,22,24H,4-5,15-18H2,1-3H3/t20?,22-,24+/m1/s1/i20D. The SMILES string of the molecule is [2H]C(C)(OS(=O)(=O)c1ccc(C)cc1)[C@@H]1CCN(C(=O)OCCCC)[C@H](c2ccccc2)C1. The van der Waals surface area contributed by atoms with Crippen LogP contribution in [0.1, 0.15) is 58.1 Å². The molecule has 0 spiro atoms. The molecule has 1 heterocycles. The highest BCUT2D eigenvalue weighted by Crippen LogP contribution is 2.37. The normalized spacial score (nSPS) is 21.5. The maximum Gasteiger partial charge on any atom is 0.410 e. The van der Waals surface area contributed by atoms with Crippen LogP contribution in [0.25, 0.3) is 0 Å². The molecule has 6 nitrogen and oxygen atoms in total. The highest BCUT2D eigenvalue weighted by molar-refractivity contribution is 7.86. The van der Waals surface area contributed by atoms with Crippen LogP contribution in [0.3, 0.4) is 0 Å². The number of ether oxygens (including phenoxy) is 1. The van der Waals surface area contributed by atoms with Gasteiger partial charge in [0, 0.05) is 6.54 Å². The lowest BCUT2D eigenvalue weighted by atomic mass is 9.84. The maximum absolute atomic E-state index is 12.8. The Morgan fingerprint density at radius 2 is 1.88 bits per heavy atom. The van der Waals surface area contributed by atoms with E-state index >= 15 is 0 Å². The lowest BCUT2D eigenvalue weighted by Gasteiger charge is -2.40. The van der Waals surface area contributed by atoms with Crippen LogP contribution in [-0.2, 0) is 19.0 Å². The fraction of sp³-hybridized carbons (Fsp3) is 0.480. The average molecular weight is 461 g/mol. The van der Waals surface area contributed by atoms with Crippen molar-refractivity contribution in [3.63, 3.8) is 0 Å². The fourth-order valence-electron chi connectivity index (χ4n) is 3.93. The predicted molar refractivity (Wildman–Crippen MR) is 124 cm³/mol. The van der Waals surface area contributed by atoms with E-state index in [0.29, 0.717) is 26.0 Å². The number of carbonyl (C=O) groups excluding carboxylic acids is 1. The van der Waals surface area contributed by atoms with E-state index in [0.717, 1.165) is 24.0 Å². The number of piperidine rings is 1. The van der Waals surface area contributed by atoms with Crippen LogP contribution in [0.4, 0.5) is 4.79 Å². The van der Waals surface area contributed by atoms with Gasteiger partial charge in [0.15, 0.2) is 0 Å². The third-order valence-corrected chi connectivity index (χ3v) is 7.20. The van der Waals surface area contributed by atoms with Crippen LogP contribution in [0.2, 0.25) is 0 Å². The van der Waals surface area contributed by atoms with Gasteiger partial charge in [-0.2, -0.15) is 8.42 Å². The summed E-state index contributed by atoms with van der Waals surface area (Å²) in [5.74, 6) is -0.400. The smallest absolute Gasteiger partial charge is 0.410 e. The molecule has 1 amide bonds. The molecule has 2 aromatic carbocycles.